The van der Waals surface area contributed by atoms with E-state index < -0.39 is 5.97 Å². The maximum atomic E-state index is 13.1. The molecule has 2 aromatic rings. The van der Waals surface area contributed by atoms with Gasteiger partial charge in [0.15, 0.2) is 0 Å². The standard InChI is InChI=1S/C22H28FNO5/c1-15-20(24-22(29-15)17-7-9-18(23)10-8-17)14-28-19-5-2-4-16(12-19)13-27-11-3-6-21(25)26/h7-10,16,19H,2-6,11-14H2,1H3,(H,25,26). The minimum absolute atomic E-state index is 0.146. The predicted molar refractivity (Wildman–Crippen MR) is 105 cm³/mol. The molecule has 29 heavy (non-hydrogen) atoms. The van der Waals surface area contributed by atoms with Crippen molar-refractivity contribution in [3.63, 3.8) is 0 Å². The average molecular weight is 405 g/mol. The molecule has 2 unspecified atom stereocenters. The molecule has 0 radical (unpaired) electrons. The van der Waals surface area contributed by atoms with E-state index in [1.54, 1.807) is 12.1 Å². The Morgan fingerprint density at radius 3 is 2.86 bits per heavy atom. The first kappa shape index (κ1) is 21.5. The number of carboxylic acid groups (broad SMARTS) is 1. The van der Waals surface area contributed by atoms with Gasteiger partial charge in [0.25, 0.3) is 0 Å². The fourth-order valence-electron chi connectivity index (χ4n) is 3.59. The Morgan fingerprint density at radius 1 is 1.31 bits per heavy atom. The van der Waals surface area contributed by atoms with E-state index in [0.29, 0.717) is 43.8 Å². The third-order valence-corrected chi connectivity index (χ3v) is 5.21. The molecule has 1 N–H and O–H groups in total. The number of oxazole rings is 1. The van der Waals surface area contributed by atoms with Gasteiger partial charge >= 0.3 is 5.97 Å². The monoisotopic (exact) mass is 405 g/mol. The van der Waals surface area contributed by atoms with Crippen LogP contribution in [0.15, 0.2) is 28.7 Å². The first-order chi connectivity index (χ1) is 14.0. The average Bonchev–Trinajstić information content (AvgIpc) is 3.07. The van der Waals surface area contributed by atoms with E-state index in [4.69, 9.17) is 19.0 Å². The summed E-state index contributed by atoms with van der Waals surface area (Å²) >= 11 is 0. The Hall–Kier alpha value is -2.25. The molecular formula is C22H28FNO5. The highest BCUT2D eigenvalue weighted by atomic mass is 19.1. The van der Waals surface area contributed by atoms with E-state index >= 15 is 0 Å². The molecule has 1 aliphatic rings. The van der Waals surface area contributed by atoms with Gasteiger partial charge in [0.2, 0.25) is 5.89 Å². The highest BCUT2D eigenvalue weighted by molar-refractivity contribution is 5.66. The van der Waals surface area contributed by atoms with Crippen molar-refractivity contribution in [2.24, 2.45) is 5.92 Å². The second-order valence-electron chi connectivity index (χ2n) is 7.57. The van der Waals surface area contributed by atoms with E-state index in [0.717, 1.165) is 36.9 Å². The topological polar surface area (TPSA) is 81.8 Å². The SMILES string of the molecule is Cc1oc(-c2ccc(F)cc2)nc1COC1CCCC(COCCCC(=O)O)C1. The Kier molecular flexibility index (Phi) is 7.77. The van der Waals surface area contributed by atoms with Crippen LogP contribution in [0.3, 0.4) is 0 Å². The van der Waals surface area contributed by atoms with Gasteiger partial charge in [-0.1, -0.05) is 6.42 Å². The van der Waals surface area contributed by atoms with Crippen molar-refractivity contribution in [1.29, 1.82) is 0 Å². The number of hydrogen-bond donors (Lipinski definition) is 1. The summed E-state index contributed by atoms with van der Waals surface area (Å²) in [5.41, 5.74) is 1.50. The molecule has 1 fully saturated rings. The zero-order valence-electron chi connectivity index (χ0n) is 16.7. The smallest absolute Gasteiger partial charge is 0.303 e. The van der Waals surface area contributed by atoms with Crippen molar-refractivity contribution in [1.82, 2.24) is 4.98 Å². The number of carboxylic acids is 1. The molecule has 0 amide bonds. The minimum atomic E-state index is -0.787. The molecule has 0 aliphatic heterocycles. The number of ether oxygens (including phenoxy) is 2. The van der Waals surface area contributed by atoms with Crippen molar-refractivity contribution < 1.29 is 28.2 Å². The molecule has 0 spiro atoms. The zero-order valence-corrected chi connectivity index (χ0v) is 16.7. The zero-order chi connectivity index (χ0) is 20.6. The largest absolute Gasteiger partial charge is 0.481 e. The van der Waals surface area contributed by atoms with Crippen molar-refractivity contribution in [2.75, 3.05) is 13.2 Å². The molecule has 3 rings (SSSR count). The van der Waals surface area contributed by atoms with Crippen molar-refractivity contribution in [2.45, 2.75) is 58.2 Å². The highest BCUT2D eigenvalue weighted by Crippen LogP contribution is 2.28. The number of aryl methyl sites for hydroxylation is 1. The summed E-state index contributed by atoms with van der Waals surface area (Å²) < 4.78 is 30.5. The molecule has 0 saturated heterocycles. The first-order valence-corrected chi connectivity index (χ1v) is 10.1. The molecule has 1 aromatic heterocycles. The van der Waals surface area contributed by atoms with Crippen LogP contribution in [0.4, 0.5) is 4.39 Å². The Bertz CT molecular complexity index is 789. The molecule has 1 heterocycles. The maximum absolute atomic E-state index is 13.1. The van der Waals surface area contributed by atoms with Crippen LogP contribution in [0.5, 0.6) is 0 Å². The number of benzene rings is 1. The fraction of sp³-hybridized carbons (Fsp3) is 0.545. The lowest BCUT2D eigenvalue weighted by molar-refractivity contribution is -0.137. The van der Waals surface area contributed by atoms with Gasteiger partial charge in [-0.3, -0.25) is 4.79 Å². The van der Waals surface area contributed by atoms with Gasteiger partial charge in [0, 0.05) is 25.2 Å². The van der Waals surface area contributed by atoms with E-state index in [-0.39, 0.29) is 18.3 Å². The molecule has 2 atom stereocenters. The maximum Gasteiger partial charge on any atom is 0.303 e. The normalized spacial score (nSPS) is 19.4. The molecule has 1 aliphatic carbocycles. The quantitative estimate of drug-likeness (QED) is 0.575. The molecular weight excluding hydrogens is 377 g/mol. The van der Waals surface area contributed by atoms with Crippen molar-refractivity contribution in [3.05, 3.63) is 41.5 Å². The Labute approximate surface area is 170 Å². The first-order valence-electron chi connectivity index (χ1n) is 10.1. The van der Waals surface area contributed by atoms with Crippen LogP contribution in [-0.4, -0.2) is 35.4 Å². The molecule has 158 valence electrons. The number of nitrogens with zero attached hydrogens (tertiary/aromatic N) is 1. The van der Waals surface area contributed by atoms with Gasteiger partial charge < -0.3 is 19.0 Å². The Morgan fingerprint density at radius 2 is 2.10 bits per heavy atom. The molecule has 0 bridgehead atoms. The van der Waals surface area contributed by atoms with Crippen LogP contribution in [-0.2, 0) is 20.9 Å². The van der Waals surface area contributed by atoms with Gasteiger partial charge in [-0.15, -0.1) is 0 Å². The number of halogens is 1. The lowest BCUT2D eigenvalue weighted by Gasteiger charge is -2.28. The summed E-state index contributed by atoms with van der Waals surface area (Å²) in [7, 11) is 0. The summed E-state index contributed by atoms with van der Waals surface area (Å²) in [4.78, 5) is 15.0. The number of aromatic nitrogens is 1. The van der Waals surface area contributed by atoms with Gasteiger partial charge in [0.1, 0.15) is 17.3 Å². The van der Waals surface area contributed by atoms with Crippen LogP contribution in [0.2, 0.25) is 0 Å². The van der Waals surface area contributed by atoms with Crippen LogP contribution in [0, 0.1) is 18.7 Å². The van der Waals surface area contributed by atoms with Crippen LogP contribution in [0.1, 0.15) is 50.0 Å². The van der Waals surface area contributed by atoms with Gasteiger partial charge in [-0.05, 0) is 62.8 Å². The second-order valence-corrected chi connectivity index (χ2v) is 7.57. The molecule has 1 aromatic carbocycles. The lowest BCUT2D eigenvalue weighted by atomic mass is 9.88. The third-order valence-electron chi connectivity index (χ3n) is 5.21. The molecule has 6 nitrogen and oxygen atoms in total. The van der Waals surface area contributed by atoms with E-state index in [1.165, 1.54) is 12.1 Å². The Balaban J connectivity index is 1.44. The fourth-order valence-corrected chi connectivity index (χ4v) is 3.59. The van der Waals surface area contributed by atoms with Crippen LogP contribution < -0.4 is 0 Å². The lowest BCUT2D eigenvalue weighted by Crippen LogP contribution is -2.26. The number of rotatable bonds is 10. The van der Waals surface area contributed by atoms with Crippen LogP contribution in [0.25, 0.3) is 11.5 Å². The third kappa shape index (κ3) is 6.65. The minimum Gasteiger partial charge on any atom is -0.481 e. The molecule has 7 heteroatoms. The van der Waals surface area contributed by atoms with Crippen LogP contribution >= 0.6 is 0 Å². The van der Waals surface area contributed by atoms with Gasteiger partial charge in [-0.25, -0.2) is 9.37 Å². The summed E-state index contributed by atoms with van der Waals surface area (Å²) in [6.45, 7) is 3.37. The molecule has 1 saturated carbocycles. The number of carbonyl (C=O) groups is 1. The van der Waals surface area contributed by atoms with E-state index in [2.05, 4.69) is 4.98 Å². The van der Waals surface area contributed by atoms with Gasteiger partial charge in [0.05, 0.1) is 12.7 Å². The van der Waals surface area contributed by atoms with Gasteiger partial charge in [-0.2, -0.15) is 0 Å². The second kappa shape index (κ2) is 10.5. The predicted octanol–water partition coefficient (Wildman–Crippen LogP) is 4.75. The summed E-state index contributed by atoms with van der Waals surface area (Å²) in [5, 5.41) is 8.65. The van der Waals surface area contributed by atoms with Crippen molar-refractivity contribution in [3.8, 4) is 11.5 Å². The number of hydrogen-bond acceptors (Lipinski definition) is 5. The van der Waals surface area contributed by atoms with E-state index in [1.807, 2.05) is 6.92 Å². The summed E-state index contributed by atoms with van der Waals surface area (Å²) in [6, 6.07) is 6.06. The van der Waals surface area contributed by atoms with E-state index in [9.17, 15) is 9.18 Å². The highest BCUT2D eigenvalue weighted by Gasteiger charge is 2.23. The van der Waals surface area contributed by atoms with Crippen molar-refractivity contribution >= 4 is 5.97 Å². The number of aliphatic carboxylic acids is 1. The summed E-state index contributed by atoms with van der Waals surface area (Å²) in [5.74, 6) is 0.534. The summed E-state index contributed by atoms with van der Waals surface area (Å²) in [6.07, 6.45) is 4.99.